The second-order valence-electron chi connectivity index (χ2n) is 5.76. The molecule has 0 unspecified atom stereocenters. The first-order valence-electron chi connectivity index (χ1n) is 7.67. The number of carbonyl (C=O) groups is 1. The third-order valence-corrected chi connectivity index (χ3v) is 3.77. The van der Waals surface area contributed by atoms with Crippen molar-refractivity contribution in [3.63, 3.8) is 0 Å². The minimum Gasteiger partial charge on any atom is -0.452 e. The van der Waals surface area contributed by atoms with E-state index in [-0.39, 0.29) is 18.4 Å². The van der Waals surface area contributed by atoms with Gasteiger partial charge in [0.2, 0.25) is 5.82 Å². The molecule has 0 saturated heterocycles. The Morgan fingerprint density at radius 3 is 2.60 bits per heavy atom. The average Bonchev–Trinajstić information content (AvgIpc) is 3.20. The molecule has 0 saturated carbocycles. The van der Waals surface area contributed by atoms with Crippen LogP contribution in [-0.2, 0) is 11.3 Å². The number of benzene rings is 1. The third-order valence-electron chi connectivity index (χ3n) is 3.51. The van der Waals surface area contributed by atoms with Crippen molar-refractivity contribution in [1.82, 2.24) is 15.3 Å². The molecule has 0 N–H and O–H groups in total. The zero-order valence-electron chi connectivity index (χ0n) is 13.9. The number of carbonyl (C=O) groups excluding carboxylic acids is 1. The van der Waals surface area contributed by atoms with Crippen LogP contribution < -0.4 is 0 Å². The Bertz CT molecular complexity index is 884. The van der Waals surface area contributed by atoms with Crippen molar-refractivity contribution in [3.05, 3.63) is 52.2 Å². The summed E-state index contributed by atoms with van der Waals surface area (Å²) in [5.74, 6) is 0.567. The van der Waals surface area contributed by atoms with Crippen molar-refractivity contribution >= 4 is 17.6 Å². The molecule has 0 aliphatic rings. The molecule has 0 radical (unpaired) electrons. The van der Waals surface area contributed by atoms with Crippen LogP contribution >= 0.6 is 11.6 Å². The van der Waals surface area contributed by atoms with Crippen LogP contribution in [0.4, 0.5) is 0 Å². The van der Waals surface area contributed by atoms with Crippen LogP contribution in [0.1, 0.15) is 47.5 Å². The van der Waals surface area contributed by atoms with Gasteiger partial charge in [-0.3, -0.25) is 0 Å². The lowest BCUT2D eigenvalue weighted by Gasteiger charge is -2.04. The monoisotopic (exact) mass is 361 g/mol. The summed E-state index contributed by atoms with van der Waals surface area (Å²) in [6.07, 6.45) is 0. The molecule has 3 rings (SSSR count). The van der Waals surface area contributed by atoms with E-state index < -0.39 is 5.97 Å². The number of aryl methyl sites for hydroxylation is 1. The fourth-order valence-electron chi connectivity index (χ4n) is 2.26. The minimum absolute atomic E-state index is 0.0173. The van der Waals surface area contributed by atoms with Crippen molar-refractivity contribution in [1.29, 1.82) is 0 Å². The first kappa shape index (κ1) is 17.2. The molecule has 2 aromatic heterocycles. The van der Waals surface area contributed by atoms with Gasteiger partial charge in [-0.05, 0) is 31.2 Å². The van der Waals surface area contributed by atoms with E-state index in [0.717, 1.165) is 5.56 Å². The van der Waals surface area contributed by atoms with E-state index >= 15 is 0 Å². The van der Waals surface area contributed by atoms with Crippen LogP contribution in [0.25, 0.3) is 11.4 Å². The van der Waals surface area contributed by atoms with Gasteiger partial charge >= 0.3 is 5.97 Å². The Morgan fingerprint density at radius 2 is 1.92 bits per heavy atom. The fraction of sp³-hybridized carbons (Fsp3) is 0.294. The highest BCUT2D eigenvalue weighted by Crippen LogP contribution is 2.23. The Labute approximate surface area is 148 Å². The maximum Gasteiger partial charge on any atom is 0.344 e. The lowest BCUT2D eigenvalue weighted by molar-refractivity contribution is 0.0426. The van der Waals surface area contributed by atoms with Crippen molar-refractivity contribution in [3.8, 4) is 11.4 Å². The maximum absolute atomic E-state index is 12.3. The predicted molar refractivity (Wildman–Crippen MR) is 89.2 cm³/mol. The van der Waals surface area contributed by atoms with E-state index in [0.29, 0.717) is 27.9 Å². The summed E-state index contributed by atoms with van der Waals surface area (Å²) in [7, 11) is 0. The van der Waals surface area contributed by atoms with Crippen LogP contribution in [0.3, 0.4) is 0 Å². The molecule has 0 atom stereocenters. The van der Waals surface area contributed by atoms with Gasteiger partial charge in [0.15, 0.2) is 12.4 Å². The van der Waals surface area contributed by atoms with Crippen LogP contribution in [-0.4, -0.2) is 21.3 Å². The molecular weight excluding hydrogens is 346 g/mol. The Balaban J connectivity index is 1.69. The van der Waals surface area contributed by atoms with Crippen molar-refractivity contribution in [2.45, 2.75) is 33.3 Å². The van der Waals surface area contributed by atoms with Crippen LogP contribution in [0.2, 0.25) is 5.02 Å². The second kappa shape index (κ2) is 7.06. The first-order valence-corrected chi connectivity index (χ1v) is 8.05. The zero-order valence-corrected chi connectivity index (χ0v) is 14.7. The van der Waals surface area contributed by atoms with Crippen LogP contribution in [0.15, 0.2) is 33.3 Å². The van der Waals surface area contributed by atoms with E-state index in [4.69, 9.17) is 25.4 Å². The molecule has 0 fully saturated rings. The van der Waals surface area contributed by atoms with Gasteiger partial charge in [0.1, 0.15) is 5.56 Å². The standard InChI is InChI=1S/C17H16ClN3O4/c1-9(2)15-14(10(3)20-25-15)17(22)23-8-13-19-16(21-24-13)11-4-6-12(18)7-5-11/h4-7,9H,8H2,1-3H3. The number of rotatable bonds is 5. The van der Waals surface area contributed by atoms with Gasteiger partial charge in [-0.15, -0.1) is 0 Å². The van der Waals surface area contributed by atoms with Crippen LogP contribution in [0, 0.1) is 6.92 Å². The second-order valence-corrected chi connectivity index (χ2v) is 6.19. The van der Waals surface area contributed by atoms with E-state index in [1.54, 1.807) is 31.2 Å². The highest BCUT2D eigenvalue weighted by molar-refractivity contribution is 6.30. The molecule has 0 aliphatic carbocycles. The summed E-state index contributed by atoms with van der Waals surface area (Å²) in [5, 5.41) is 8.31. The van der Waals surface area contributed by atoms with Gasteiger partial charge in [-0.2, -0.15) is 4.98 Å². The molecule has 0 aliphatic heterocycles. The molecule has 130 valence electrons. The predicted octanol–water partition coefficient (Wildman–Crippen LogP) is 4.17. The molecule has 8 heteroatoms. The molecular formula is C17H16ClN3O4. The molecule has 7 nitrogen and oxygen atoms in total. The first-order chi connectivity index (χ1) is 12.0. The Kier molecular flexibility index (Phi) is 4.85. The number of esters is 1. The van der Waals surface area contributed by atoms with Crippen LogP contribution in [0.5, 0.6) is 0 Å². The summed E-state index contributed by atoms with van der Waals surface area (Å²) in [6.45, 7) is 5.37. The SMILES string of the molecule is Cc1noc(C(C)C)c1C(=O)OCc1nc(-c2ccc(Cl)cc2)no1. The number of aromatic nitrogens is 3. The maximum atomic E-state index is 12.3. The van der Waals surface area contributed by atoms with Gasteiger partial charge in [0.05, 0.1) is 5.69 Å². The molecule has 2 heterocycles. The summed E-state index contributed by atoms with van der Waals surface area (Å²) in [4.78, 5) is 16.5. The van der Waals surface area contributed by atoms with E-state index in [1.807, 2.05) is 13.8 Å². The molecule has 3 aromatic rings. The van der Waals surface area contributed by atoms with Crippen molar-refractivity contribution in [2.75, 3.05) is 0 Å². The molecule has 1 aromatic carbocycles. The quantitative estimate of drug-likeness (QED) is 0.630. The smallest absolute Gasteiger partial charge is 0.344 e. The average molecular weight is 362 g/mol. The van der Waals surface area contributed by atoms with Gasteiger partial charge in [-0.25, -0.2) is 4.79 Å². The number of hydrogen-bond donors (Lipinski definition) is 0. The number of ether oxygens (including phenoxy) is 1. The topological polar surface area (TPSA) is 91.2 Å². The van der Waals surface area contributed by atoms with Gasteiger partial charge in [-0.1, -0.05) is 35.8 Å². The Morgan fingerprint density at radius 1 is 1.20 bits per heavy atom. The van der Waals surface area contributed by atoms with Gasteiger partial charge in [0.25, 0.3) is 5.89 Å². The van der Waals surface area contributed by atoms with Gasteiger partial charge in [0, 0.05) is 16.5 Å². The lowest BCUT2D eigenvalue weighted by Crippen LogP contribution is -2.09. The summed E-state index contributed by atoms with van der Waals surface area (Å²) in [6, 6.07) is 7.01. The van der Waals surface area contributed by atoms with Gasteiger partial charge < -0.3 is 13.8 Å². The lowest BCUT2D eigenvalue weighted by atomic mass is 10.1. The minimum atomic E-state index is -0.534. The number of nitrogens with zero attached hydrogens (tertiary/aromatic N) is 3. The van der Waals surface area contributed by atoms with E-state index in [2.05, 4.69) is 15.3 Å². The van der Waals surface area contributed by atoms with E-state index in [1.165, 1.54) is 0 Å². The highest BCUT2D eigenvalue weighted by Gasteiger charge is 2.24. The number of hydrogen-bond acceptors (Lipinski definition) is 7. The summed E-state index contributed by atoms with van der Waals surface area (Å²) < 4.78 is 15.6. The molecule has 0 amide bonds. The summed E-state index contributed by atoms with van der Waals surface area (Å²) in [5.41, 5.74) is 1.58. The zero-order chi connectivity index (χ0) is 18.0. The normalized spacial score (nSPS) is 11.1. The molecule has 0 spiro atoms. The summed E-state index contributed by atoms with van der Waals surface area (Å²) >= 11 is 5.85. The van der Waals surface area contributed by atoms with Crippen molar-refractivity contribution < 1.29 is 18.6 Å². The third kappa shape index (κ3) is 3.71. The fourth-order valence-corrected chi connectivity index (χ4v) is 2.38. The number of halogens is 1. The van der Waals surface area contributed by atoms with E-state index in [9.17, 15) is 4.79 Å². The largest absolute Gasteiger partial charge is 0.452 e. The Hall–Kier alpha value is -2.67. The highest BCUT2D eigenvalue weighted by atomic mass is 35.5. The molecule has 0 bridgehead atoms. The molecule has 25 heavy (non-hydrogen) atoms. The van der Waals surface area contributed by atoms with Crippen molar-refractivity contribution in [2.24, 2.45) is 0 Å².